The summed E-state index contributed by atoms with van der Waals surface area (Å²) in [5, 5.41) is 2.80. The number of alkyl carbamates (subject to hydrolysis) is 1. The predicted octanol–water partition coefficient (Wildman–Crippen LogP) is 0.894. The number of carbonyl (C=O) groups is 2. The molecule has 21 heavy (non-hydrogen) atoms. The number of amides is 2. The third-order valence-corrected chi connectivity index (χ3v) is 2.96. The molecule has 1 aliphatic heterocycles. The minimum absolute atomic E-state index is 0.0393. The predicted molar refractivity (Wildman–Crippen MR) is 78.1 cm³/mol. The Labute approximate surface area is 123 Å². The number of primary amides is 1. The van der Waals surface area contributed by atoms with Gasteiger partial charge in [-0.3, -0.25) is 4.79 Å². The average Bonchev–Trinajstić information content (AvgIpc) is 2.31. The van der Waals surface area contributed by atoms with Gasteiger partial charge in [-0.1, -0.05) is 0 Å². The molecule has 7 nitrogen and oxygen atoms in total. The third kappa shape index (κ3) is 4.08. The fourth-order valence-corrected chi connectivity index (χ4v) is 1.95. The maximum Gasteiger partial charge on any atom is 0.407 e. The Bertz CT molecular complexity index is 530. The van der Waals surface area contributed by atoms with Crippen LogP contribution in [0.5, 0.6) is 0 Å². The molecule has 1 saturated heterocycles. The lowest BCUT2D eigenvalue weighted by Gasteiger charge is -2.40. The van der Waals surface area contributed by atoms with Crippen molar-refractivity contribution < 1.29 is 14.3 Å². The lowest BCUT2D eigenvalue weighted by Crippen LogP contribution is -2.60. The molecular weight excluding hydrogens is 272 g/mol. The second kappa shape index (κ2) is 5.59. The van der Waals surface area contributed by atoms with Crippen LogP contribution in [0.4, 0.5) is 10.6 Å². The summed E-state index contributed by atoms with van der Waals surface area (Å²) < 4.78 is 5.19. The van der Waals surface area contributed by atoms with Gasteiger partial charge in [-0.05, 0) is 32.9 Å². The lowest BCUT2D eigenvalue weighted by molar-refractivity contribution is 0.0495. The molecule has 0 bridgehead atoms. The van der Waals surface area contributed by atoms with Crippen molar-refractivity contribution in [2.45, 2.75) is 32.4 Å². The first-order valence-corrected chi connectivity index (χ1v) is 6.75. The van der Waals surface area contributed by atoms with Crippen LogP contribution in [0.25, 0.3) is 0 Å². The van der Waals surface area contributed by atoms with Crippen LogP contribution in [0.2, 0.25) is 0 Å². The van der Waals surface area contributed by atoms with E-state index >= 15 is 0 Å². The van der Waals surface area contributed by atoms with Crippen molar-refractivity contribution >= 4 is 17.8 Å². The fraction of sp³-hybridized carbons (Fsp3) is 0.500. The SMILES string of the molecule is CC(C)(C)OC(=O)NC1CN(c2ccc(C(N)=O)cn2)C1. The van der Waals surface area contributed by atoms with E-state index in [1.54, 1.807) is 12.1 Å². The summed E-state index contributed by atoms with van der Waals surface area (Å²) >= 11 is 0. The van der Waals surface area contributed by atoms with Gasteiger partial charge in [-0.15, -0.1) is 0 Å². The highest BCUT2D eigenvalue weighted by Gasteiger charge is 2.30. The van der Waals surface area contributed by atoms with Gasteiger partial charge in [0.2, 0.25) is 5.91 Å². The van der Waals surface area contributed by atoms with E-state index < -0.39 is 17.6 Å². The van der Waals surface area contributed by atoms with E-state index in [2.05, 4.69) is 10.3 Å². The maximum absolute atomic E-state index is 11.6. The van der Waals surface area contributed by atoms with E-state index in [1.165, 1.54) is 6.20 Å². The molecule has 2 rings (SSSR count). The zero-order valence-electron chi connectivity index (χ0n) is 12.4. The molecule has 1 aromatic rings. The molecule has 2 heterocycles. The summed E-state index contributed by atoms with van der Waals surface area (Å²) in [5.41, 5.74) is 5.04. The Morgan fingerprint density at radius 2 is 2.05 bits per heavy atom. The summed E-state index contributed by atoms with van der Waals surface area (Å²) in [6, 6.07) is 3.42. The molecule has 0 radical (unpaired) electrons. The van der Waals surface area contributed by atoms with Crippen molar-refractivity contribution in [2.75, 3.05) is 18.0 Å². The topological polar surface area (TPSA) is 97.5 Å². The van der Waals surface area contributed by atoms with Crippen molar-refractivity contribution in [2.24, 2.45) is 5.73 Å². The van der Waals surface area contributed by atoms with Gasteiger partial charge in [0.15, 0.2) is 0 Å². The Morgan fingerprint density at radius 3 is 2.52 bits per heavy atom. The number of pyridine rings is 1. The van der Waals surface area contributed by atoms with Crippen LogP contribution in [0.15, 0.2) is 18.3 Å². The van der Waals surface area contributed by atoms with Gasteiger partial charge in [0, 0.05) is 19.3 Å². The highest BCUT2D eigenvalue weighted by Crippen LogP contribution is 2.19. The van der Waals surface area contributed by atoms with Gasteiger partial charge in [0.1, 0.15) is 11.4 Å². The van der Waals surface area contributed by atoms with Crippen LogP contribution >= 0.6 is 0 Å². The zero-order chi connectivity index (χ0) is 15.6. The molecule has 1 aromatic heterocycles. The van der Waals surface area contributed by atoms with Gasteiger partial charge in [-0.25, -0.2) is 9.78 Å². The highest BCUT2D eigenvalue weighted by atomic mass is 16.6. The average molecular weight is 292 g/mol. The smallest absolute Gasteiger partial charge is 0.407 e. The Hall–Kier alpha value is -2.31. The van der Waals surface area contributed by atoms with Crippen LogP contribution in [-0.4, -0.2) is 41.7 Å². The summed E-state index contributed by atoms with van der Waals surface area (Å²) in [5.74, 6) is 0.254. The maximum atomic E-state index is 11.6. The Morgan fingerprint density at radius 1 is 1.38 bits per heavy atom. The molecular formula is C14H20N4O3. The number of ether oxygens (including phenoxy) is 1. The standard InChI is InChI=1S/C14H20N4O3/c1-14(2,3)21-13(20)17-10-7-18(8-10)11-5-4-9(6-16-11)12(15)19/h4-6,10H,7-8H2,1-3H3,(H2,15,19)(H,17,20). The van der Waals surface area contributed by atoms with Crippen LogP contribution in [-0.2, 0) is 4.74 Å². The number of rotatable bonds is 3. The molecule has 2 amide bonds. The van der Waals surface area contributed by atoms with Gasteiger partial charge in [-0.2, -0.15) is 0 Å². The Balaban J connectivity index is 1.81. The number of aromatic nitrogens is 1. The first-order chi connectivity index (χ1) is 9.74. The second-order valence-corrected chi connectivity index (χ2v) is 6.02. The number of hydrogen-bond donors (Lipinski definition) is 2. The molecule has 0 unspecified atom stereocenters. The first-order valence-electron chi connectivity index (χ1n) is 6.75. The number of nitrogens with one attached hydrogen (secondary N) is 1. The quantitative estimate of drug-likeness (QED) is 0.862. The van der Waals surface area contributed by atoms with E-state index in [0.29, 0.717) is 18.7 Å². The largest absolute Gasteiger partial charge is 0.444 e. The van der Waals surface area contributed by atoms with Crippen LogP contribution in [0.1, 0.15) is 31.1 Å². The number of nitrogens with zero attached hydrogens (tertiary/aromatic N) is 2. The van der Waals surface area contributed by atoms with E-state index in [9.17, 15) is 9.59 Å². The van der Waals surface area contributed by atoms with Gasteiger partial charge in [0.25, 0.3) is 0 Å². The minimum Gasteiger partial charge on any atom is -0.444 e. The van der Waals surface area contributed by atoms with E-state index in [-0.39, 0.29) is 6.04 Å². The summed E-state index contributed by atoms with van der Waals surface area (Å²) in [4.78, 5) is 28.7. The lowest BCUT2D eigenvalue weighted by atomic mass is 10.1. The molecule has 0 aliphatic carbocycles. The molecule has 1 aliphatic rings. The summed E-state index contributed by atoms with van der Waals surface area (Å²) in [7, 11) is 0. The van der Waals surface area contributed by atoms with Crippen molar-refractivity contribution in [3.05, 3.63) is 23.9 Å². The number of carbonyl (C=O) groups excluding carboxylic acids is 2. The molecule has 7 heteroatoms. The van der Waals surface area contributed by atoms with Gasteiger partial charge in [0.05, 0.1) is 11.6 Å². The van der Waals surface area contributed by atoms with Crippen molar-refractivity contribution in [1.29, 1.82) is 0 Å². The first kappa shape index (κ1) is 15.1. The zero-order valence-corrected chi connectivity index (χ0v) is 12.4. The van der Waals surface area contributed by atoms with E-state index in [4.69, 9.17) is 10.5 Å². The third-order valence-electron chi connectivity index (χ3n) is 2.96. The summed E-state index contributed by atoms with van der Waals surface area (Å²) in [6.07, 6.45) is 1.04. The van der Waals surface area contributed by atoms with E-state index in [0.717, 1.165) is 5.82 Å². The fourth-order valence-electron chi connectivity index (χ4n) is 1.95. The minimum atomic E-state index is -0.500. The molecule has 0 saturated carbocycles. The molecule has 0 spiro atoms. The van der Waals surface area contributed by atoms with Crippen LogP contribution in [0, 0.1) is 0 Å². The van der Waals surface area contributed by atoms with Gasteiger partial charge < -0.3 is 20.7 Å². The van der Waals surface area contributed by atoms with Crippen molar-refractivity contribution in [3.63, 3.8) is 0 Å². The van der Waals surface area contributed by atoms with E-state index in [1.807, 2.05) is 25.7 Å². The van der Waals surface area contributed by atoms with Gasteiger partial charge >= 0.3 is 6.09 Å². The monoisotopic (exact) mass is 292 g/mol. The normalized spacial score (nSPS) is 15.3. The molecule has 0 aromatic carbocycles. The number of hydrogen-bond acceptors (Lipinski definition) is 5. The second-order valence-electron chi connectivity index (χ2n) is 6.02. The van der Waals surface area contributed by atoms with Crippen molar-refractivity contribution in [1.82, 2.24) is 10.3 Å². The molecule has 3 N–H and O–H groups in total. The molecule has 114 valence electrons. The Kier molecular flexibility index (Phi) is 4.02. The number of anilines is 1. The van der Waals surface area contributed by atoms with Crippen LogP contribution < -0.4 is 16.0 Å². The van der Waals surface area contributed by atoms with Crippen LogP contribution in [0.3, 0.4) is 0 Å². The molecule has 0 atom stereocenters. The number of nitrogens with two attached hydrogens (primary N) is 1. The van der Waals surface area contributed by atoms with Crippen molar-refractivity contribution in [3.8, 4) is 0 Å². The summed E-state index contributed by atoms with van der Waals surface area (Å²) in [6.45, 7) is 6.78. The highest BCUT2D eigenvalue weighted by molar-refractivity contribution is 5.92. The molecule has 1 fully saturated rings.